The molecule has 0 aromatic heterocycles. The first-order valence-electron chi connectivity index (χ1n) is 10.9. The molecular weight excluding hydrogens is 356 g/mol. The monoisotopic (exact) mass is 394 g/mol. The Morgan fingerprint density at radius 3 is 2.64 bits per heavy atom. The van der Waals surface area contributed by atoms with Crippen molar-refractivity contribution >= 4 is 17.7 Å². The summed E-state index contributed by atoms with van der Waals surface area (Å²) in [6, 6.07) is 0.117. The van der Waals surface area contributed by atoms with E-state index in [4.69, 9.17) is 0 Å². The minimum atomic E-state index is -0.296. The molecule has 0 unspecified atom stereocenters. The van der Waals surface area contributed by atoms with Crippen LogP contribution in [0.4, 0.5) is 4.79 Å². The molecule has 2 aliphatic rings. The summed E-state index contributed by atoms with van der Waals surface area (Å²) in [5.41, 5.74) is 0. The van der Waals surface area contributed by atoms with Gasteiger partial charge in [-0.2, -0.15) is 0 Å². The van der Waals surface area contributed by atoms with Gasteiger partial charge in [0.1, 0.15) is 5.78 Å². The number of hydrogen-bond acceptors (Lipinski definition) is 5. The van der Waals surface area contributed by atoms with Crippen molar-refractivity contribution in [3.63, 3.8) is 0 Å². The Balaban J connectivity index is 1.99. The van der Waals surface area contributed by atoms with Crippen LogP contribution in [0.2, 0.25) is 0 Å². The Bertz CT molecular complexity index is 552. The lowest BCUT2D eigenvalue weighted by atomic mass is 9.74. The number of fused-ring (bicyclic) bond motifs is 1. The van der Waals surface area contributed by atoms with Gasteiger partial charge in [-0.05, 0) is 65.7 Å². The minimum absolute atomic E-state index is 0.0924. The van der Waals surface area contributed by atoms with Crippen LogP contribution in [0.25, 0.3) is 0 Å². The molecule has 0 bridgehead atoms. The van der Waals surface area contributed by atoms with Crippen molar-refractivity contribution in [3.05, 3.63) is 0 Å². The number of carbonyl (C=O) groups is 3. The summed E-state index contributed by atoms with van der Waals surface area (Å²) in [5, 5.41) is 2.88. The largest absolute Gasteiger partial charge is 0.338 e. The Hall–Kier alpha value is -1.47. The first-order valence-corrected chi connectivity index (χ1v) is 10.9. The molecule has 7 heteroatoms. The highest BCUT2D eigenvalue weighted by Crippen LogP contribution is 2.37. The van der Waals surface area contributed by atoms with Gasteiger partial charge in [0.05, 0.1) is 5.92 Å². The molecule has 0 spiro atoms. The molecule has 0 radical (unpaired) electrons. The maximum Gasteiger partial charge on any atom is 0.324 e. The second kappa shape index (κ2) is 10.9. The third-order valence-electron chi connectivity index (χ3n) is 6.01. The van der Waals surface area contributed by atoms with Crippen molar-refractivity contribution < 1.29 is 14.4 Å². The normalized spacial score (nSPS) is 25.5. The molecule has 3 atom stereocenters. The van der Waals surface area contributed by atoms with E-state index < -0.39 is 0 Å². The highest BCUT2D eigenvalue weighted by atomic mass is 16.2. The van der Waals surface area contributed by atoms with E-state index in [2.05, 4.69) is 22.0 Å². The van der Waals surface area contributed by atoms with Crippen LogP contribution < -0.4 is 5.32 Å². The third kappa shape index (κ3) is 6.01. The van der Waals surface area contributed by atoms with Crippen LogP contribution in [-0.2, 0) is 9.59 Å². The maximum atomic E-state index is 13.2. The van der Waals surface area contributed by atoms with Crippen LogP contribution in [0.15, 0.2) is 0 Å². The van der Waals surface area contributed by atoms with Crippen LogP contribution in [0.1, 0.15) is 52.4 Å². The predicted octanol–water partition coefficient (Wildman–Crippen LogP) is 1.97. The summed E-state index contributed by atoms with van der Waals surface area (Å²) in [7, 11) is 4.00. The van der Waals surface area contributed by atoms with E-state index in [1.54, 1.807) is 0 Å². The highest BCUT2D eigenvalue weighted by molar-refractivity contribution is 5.95. The standard InChI is InChI=1S/C21H38N4O3/c1-5-11-24-15-17(13-16-14-18(26)8-9-19(16)24)20(27)25(6-2)21(28)22-10-7-12-23(3)4/h16-17,19H,5-15H2,1-4H3,(H,22,28)/t16-,17-,19-/m1/s1. The number of amides is 3. The molecule has 2 fully saturated rings. The Morgan fingerprint density at radius 1 is 1.25 bits per heavy atom. The SMILES string of the molecule is CCCN1C[C@H](C(=O)N(CC)C(=O)NCCCN(C)C)C[C@@H]2CC(=O)CC[C@H]21. The van der Waals surface area contributed by atoms with Crippen molar-refractivity contribution in [2.24, 2.45) is 11.8 Å². The fraction of sp³-hybridized carbons (Fsp3) is 0.857. The Morgan fingerprint density at radius 2 is 2.00 bits per heavy atom. The zero-order chi connectivity index (χ0) is 20.7. The molecule has 160 valence electrons. The number of nitrogens with one attached hydrogen (secondary N) is 1. The fourth-order valence-corrected chi connectivity index (χ4v) is 4.68. The van der Waals surface area contributed by atoms with Gasteiger partial charge in [0, 0.05) is 38.5 Å². The predicted molar refractivity (Wildman–Crippen MR) is 110 cm³/mol. The molecule has 0 aromatic rings. The van der Waals surface area contributed by atoms with E-state index in [-0.39, 0.29) is 23.8 Å². The molecule has 1 saturated heterocycles. The Labute approximate surface area is 169 Å². The summed E-state index contributed by atoms with van der Waals surface area (Å²) in [5.74, 6) is 0.269. The van der Waals surface area contributed by atoms with Crippen LogP contribution in [0.3, 0.4) is 0 Å². The summed E-state index contributed by atoms with van der Waals surface area (Å²) in [4.78, 5) is 43.5. The van der Waals surface area contributed by atoms with Crippen molar-refractivity contribution in [1.29, 1.82) is 0 Å². The molecule has 2 rings (SSSR count). The minimum Gasteiger partial charge on any atom is -0.338 e. The molecule has 1 heterocycles. The Kier molecular flexibility index (Phi) is 8.89. The van der Waals surface area contributed by atoms with Gasteiger partial charge in [0.2, 0.25) is 5.91 Å². The molecule has 7 nitrogen and oxygen atoms in total. The quantitative estimate of drug-likeness (QED) is 0.637. The lowest BCUT2D eigenvalue weighted by Crippen LogP contribution is -2.56. The fourth-order valence-electron chi connectivity index (χ4n) is 4.68. The number of hydrogen-bond donors (Lipinski definition) is 1. The number of Topliss-reactive ketones (excluding diaryl/α,β-unsaturated/α-hetero) is 1. The van der Waals surface area contributed by atoms with Crippen LogP contribution in [0.5, 0.6) is 0 Å². The number of rotatable bonds is 8. The first kappa shape index (κ1) is 22.8. The zero-order valence-electron chi connectivity index (χ0n) is 18.1. The van der Waals surface area contributed by atoms with Gasteiger partial charge in [-0.3, -0.25) is 19.4 Å². The summed E-state index contributed by atoms with van der Waals surface area (Å²) in [6.45, 7) is 7.47. The molecule has 28 heavy (non-hydrogen) atoms. The van der Waals surface area contributed by atoms with E-state index in [9.17, 15) is 14.4 Å². The van der Waals surface area contributed by atoms with Crippen LogP contribution in [0, 0.1) is 11.8 Å². The van der Waals surface area contributed by atoms with Gasteiger partial charge in [-0.1, -0.05) is 6.92 Å². The molecular formula is C21H38N4O3. The van der Waals surface area contributed by atoms with E-state index >= 15 is 0 Å². The lowest BCUT2D eigenvalue weighted by Gasteiger charge is -2.46. The second-order valence-electron chi connectivity index (χ2n) is 8.51. The topological polar surface area (TPSA) is 73.0 Å². The van der Waals surface area contributed by atoms with Crippen molar-refractivity contribution in [3.8, 4) is 0 Å². The van der Waals surface area contributed by atoms with Gasteiger partial charge < -0.3 is 10.2 Å². The van der Waals surface area contributed by atoms with E-state index in [0.717, 1.165) is 38.8 Å². The number of likely N-dealkylation sites (tertiary alicyclic amines) is 1. The van der Waals surface area contributed by atoms with Gasteiger partial charge in [-0.25, -0.2) is 4.79 Å². The smallest absolute Gasteiger partial charge is 0.324 e. The summed E-state index contributed by atoms with van der Waals surface area (Å²) in [6.07, 6.45) is 4.76. The third-order valence-corrected chi connectivity index (χ3v) is 6.01. The van der Waals surface area contributed by atoms with Crippen molar-refractivity contribution in [1.82, 2.24) is 20.0 Å². The maximum absolute atomic E-state index is 13.2. The van der Waals surface area contributed by atoms with Crippen LogP contribution >= 0.6 is 0 Å². The van der Waals surface area contributed by atoms with Crippen molar-refractivity contribution in [2.45, 2.75) is 58.4 Å². The molecule has 1 aliphatic heterocycles. The van der Waals surface area contributed by atoms with Gasteiger partial charge >= 0.3 is 6.03 Å². The van der Waals surface area contributed by atoms with Gasteiger partial charge in [-0.15, -0.1) is 0 Å². The summed E-state index contributed by atoms with van der Waals surface area (Å²) < 4.78 is 0. The first-order chi connectivity index (χ1) is 13.4. The number of ketones is 1. The second-order valence-corrected chi connectivity index (χ2v) is 8.51. The molecule has 1 saturated carbocycles. The molecule has 1 N–H and O–H groups in total. The molecule has 3 amide bonds. The average Bonchev–Trinajstić information content (AvgIpc) is 2.65. The lowest BCUT2D eigenvalue weighted by molar-refractivity contribution is -0.138. The average molecular weight is 395 g/mol. The molecule has 1 aliphatic carbocycles. The number of urea groups is 1. The van der Waals surface area contributed by atoms with E-state index in [0.29, 0.717) is 44.3 Å². The summed E-state index contributed by atoms with van der Waals surface area (Å²) >= 11 is 0. The molecule has 0 aromatic carbocycles. The highest BCUT2D eigenvalue weighted by Gasteiger charge is 2.42. The van der Waals surface area contributed by atoms with E-state index in [1.807, 2.05) is 21.0 Å². The number of imide groups is 1. The van der Waals surface area contributed by atoms with E-state index in [1.165, 1.54) is 4.90 Å². The van der Waals surface area contributed by atoms with Crippen LogP contribution in [-0.4, -0.2) is 85.3 Å². The van der Waals surface area contributed by atoms with Gasteiger partial charge in [0.15, 0.2) is 0 Å². The number of carbonyl (C=O) groups excluding carboxylic acids is 3. The number of piperidine rings is 1. The number of nitrogens with zero attached hydrogens (tertiary/aromatic N) is 3. The van der Waals surface area contributed by atoms with Crippen molar-refractivity contribution in [2.75, 3.05) is 46.8 Å². The zero-order valence-corrected chi connectivity index (χ0v) is 18.1. The van der Waals surface area contributed by atoms with Gasteiger partial charge in [0.25, 0.3) is 0 Å².